The van der Waals surface area contributed by atoms with Crippen molar-refractivity contribution in [3.8, 4) is 0 Å². The predicted octanol–water partition coefficient (Wildman–Crippen LogP) is 4.01. The van der Waals surface area contributed by atoms with Crippen molar-refractivity contribution >= 4 is 17.5 Å². The summed E-state index contributed by atoms with van der Waals surface area (Å²) >= 11 is 6.35. The smallest absolute Gasteiger partial charge is 0.276 e. The van der Waals surface area contributed by atoms with Gasteiger partial charge >= 0.3 is 0 Å². The number of carbonyl (C=O) groups is 1. The maximum atomic E-state index is 13.1. The van der Waals surface area contributed by atoms with Crippen molar-refractivity contribution in [2.24, 2.45) is 12.5 Å². The second kappa shape index (κ2) is 7.05. The van der Waals surface area contributed by atoms with Crippen molar-refractivity contribution in [2.45, 2.75) is 39.9 Å². The molecule has 6 heteroatoms. The van der Waals surface area contributed by atoms with Crippen molar-refractivity contribution in [2.75, 3.05) is 13.1 Å². The van der Waals surface area contributed by atoms with Crippen molar-refractivity contribution in [1.82, 2.24) is 14.7 Å². The Morgan fingerprint density at radius 2 is 1.88 bits per heavy atom. The molecular weight excluding hydrogens is 350 g/mol. The van der Waals surface area contributed by atoms with E-state index in [1.807, 2.05) is 42.2 Å². The highest BCUT2D eigenvalue weighted by molar-refractivity contribution is 6.34. The summed E-state index contributed by atoms with van der Waals surface area (Å²) in [6.45, 7) is 9.26. The summed E-state index contributed by atoms with van der Waals surface area (Å²) in [4.78, 5) is 15.0. The van der Waals surface area contributed by atoms with Gasteiger partial charge in [-0.05, 0) is 17.9 Å². The summed E-state index contributed by atoms with van der Waals surface area (Å²) < 4.78 is 8.00. The SMILES string of the molecule is Cc1c(Cl)c(C(=O)N2C[C@@H](c3ccccc3)O[C@@H](C(C)(C)C)C2)nn1C. The summed E-state index contributed by atoms with van der Waals surface area (Å²) in [5, 5.41) is 4.75. The molecule has 1 aromatic heterocycles. The second-order valence-corrected chi connectivity index (χ2v) is 8.35. The van der Waals surface area contributed by atoms with Gasteiger partial charge < -0.3 is 9.64 Å². The van der Waals surface area contributed by atoms with Crippen LogP contribution in [-0.4, -0.2) is 39.8 Å². The molecule has 1 aliphatic rings. The molecule has 3 rings (SSSR count). The topological polar surface area (TPSA) is 47.4 Å². The van der Waals surface area contributed by atoms with Crippen LogP contribution in [0.25, 0.3) is 0 Å². The Bertz CT molecular complexity index is 795. The van der Waals surface area contributed by atoms with Gasteiger partial charge in [-0.25, -0.2) is 0 Å². The van der Waals surface area contributed by atoms with E-state index in [-0.39, 0.29) is 23.5 Å². The van der Waals surface area contributed by atoms with Crippen LogP contribution in [0.2, 0.25) is 5.02 Å². The van der Waals surface area contributed by atoms with Crippen LogP contribution in [0, 0.1) is 12.3 Å². The molecule has 26 heavy (non-hydrogen) atoms. The minimum absolute atomic E-state index is 0.0750. The number of amides is 1. The van der Waals surface area contributed by atoms with E-state index < -0.39 is 0 Å². The molecule has 0 aliphatic carbocycles. The van der Waals surface area contributed by atoms with Crippen LogP contribution in [0.4, 0.5) is 0 Å². The zero-order valence-corrected chi connectivity index (χ0v) is 16.7. The molecule has 0 unspecified atom stereocenters. The third kappa shape index (κ3) is 3.64. The standard InChI is InChI=1S/C20H26ClN3O2/c1-13-17(21)18(22-23(13)5)19(25)24-11-15(14-9-7-6-8-10-14)26-16(12-24)20(2,3)4/h6-10,15-16H,11-12H2,1-5H3/t15-,16+/m0/s1. The molecule has 1 saturated heterocycles. The van der Waals surface area contributed by atoms with Crippen molar-refractivity contribution < 1.29 is 9.53 Å². The van der Waals surface area contributed by atoms with Crippen molar-refractivity contribution in [3.63, 3.8) is 0 Å². The van der Waals surface area contributed by atoms with Crippen molar-refractivity contribution in [3.05, 3.63) is 52.3 Å². The fourth-order valence-corrected chi connectivity index (χ4v) is 3.36. The molecule has 0 spiro atoms. The number of hydrogen-bond donors (Lipinski definition) is 0. The van der Waals surface area contributed by atoms with Gasteiger partial charge in [0, 0.05) is 13.6 Å². The van der Waals surface area contributed by atoms with Gasteiger partial charge in [0.2, 0.25) is 0 Å². The van der Waals surface area contributed by atoms with E-state index in [4.69, 9.17) is 16.3 Å². The highest BCUT2D eigenvalue weighted by Crippen LogP contribution is 2.34. The molecular formula is C20H26ClN3O2. The summed E-state index contributed by atoms with van der Waals surface area (Å²) in [6.07, 6.45) is -0.240. The molecule has 5 nitrogen and oxygen atoms in total. The van der Waals surface area contributed by atoms with Crippen LogP contribution >= 0.6 is 11.6 Å². The average Bonchev–Trinajstić information content (AvgIpc) is 2.88. The number of aromatic nitrogens is 2. The molecule has 1 aromatic carbocycles. The minimum atomic E-state index is -0.165. The molecule has 1 fully saturated rings. The zero-order chi connectivity index (χ0) is 19.1. The first-order chi connectivity index (χ1) is 12.2. The molecule has 2 atom stereocenters. The maximum Gasteiger partial charge on any atom is 0.276 e. The van der Waals surface area contributed by atoms with Crippen LogP contribution in [-0.2, 0) is 11.8 Å². The summed E-state index contributed by atoms with van der Waals surface area (Å²) in [5.74, 6) is -0.141. The highest BCUT2D eigenvalue weighted by atomic mass is 35.5. The van der Waals surface area contributed by atoms with Gasteiger partial charge in [0.1, 0.15) is 6.10 Å². The van der Waals surface area contributed by atoms with Gasteiger partial charge in [0.25, 0.3) is 5.91 Å². The van der Waals surface area contributed by atoms with Crippen LogP contribution in [0.3, 0.4) is 0 Å². The first-order valence-corrected chi connectivity index (χ1v) is 9.25. The lowest BCUT2D eigenvalue weighted by molar-refractivity contribution is -0.119. The monoisotopic (exact) mass is 375 g/mol. The molecule has 0 radical (unpaired) electrons. The predicted molar refractivity (Wildman–Crippen MR) is 102 cm³/mol. The number of carbonyl (C=O) groups excluding carboxylic acids is 1. The lowest BCUT2D eigenvalue weighted by atomic mass is 9.87. The number of hydrogen-bond acceptors (Lipinski definition) is 3. The Hall–Kier alpha value is -1.85. The van der Waals surface area contributed by atoms with Gasteiger partial charge in [-0.1, -0.05) is 62.7 Å². The van der Waals surface area contributed by atoms with Gasteiger partial charge in [-0.15, -0.1) is 0 Å². The Balaban J connectivity index is 1.92. The number of rotatable bonds is 2. The average molecular weight is 376 g/mol. The number of aryl methyl sites for hydroxylation is 1. The zero-order valence-electron chi connectivity index (χ0n) is 16.0. The largest absolute Gasteiger partial charge is 0.366 e. The van der Waals surface area contributed by atoms with Gasteiger partial charge in [-0.3, -0.25) is 9.48 Å². The first kappa shape index (κ1) is 18.9. The van der Waals surface area contributed by atoms with Crippen LogP contribution in [0.5, 0.6) is 0 Å². The number of halogens is 1. The van der Waals surface area contributed by atoms with E-state index in [0.717, 1.165) is 11.3 Å². The van der Waals surface area contributed by atoms with Crippen LogP contribution in [0.1, 0.15) is 48.6 Å². The summed E-state index contributed by atoms with van der Waals surface area (Å²) in [5.41, 5.74) is 2.08. The van der Waals surface area contributed by atoms with Crippen LogP contribution in [0.15, 0.2) is 30.3 Å². The van der Waals surface area contributed by atoms with E-state index in [1.54, 1.807) is 11.7 Å². The summed E-state index contributed by atoms with van der Waals surface area (Å²) in [6, 6.07) is 10.0. The van der Waals surface area contributed by atoms with E-state index in [0.29, 0.717) is 23.8 Å². The Kier molecular flexibility index (Phi) is 5.13. The van der Waals surface area contributed by atoms with Gasteiger partial charge in [-0.2, -0.15) is 5.10 Å². The normalized spacial score (nSPS) is 21.1. The van der Waals surface area contributed by atoms with E-state index in [9.17, 15) is 4.79 Å². The minimum Gasteiger partial charge on any atom is -0.366 e. The molecule has 2 heterocycles. The third-order valence-electron chi connectivity index (χ3n) is 4.99. The van der Waals surface area contributed by atoms with E-state index in [2.05, 4.69) is 25.9 Å². The van der Waals surface area contributed by atoms with Gasteiger partial charge in [0.15, 0.2) is 5.69 Å². The van der Waals surface area contributed by atoms with E-state index in [1.165, 1.54) is 0 Å². The third-order valence-corrected chi connectivity index (χ3v) is 5.44. The molecule has 0 bridgehead atoms. The fraction of sp³-hybridized carbons (Fsp3) is 0.500. The summed E-state index contributed by atoms with van der Waals surface area (Å²) in [7, 11) is 1.79. The fourth-order valence-electron chi connectivity index (χ4n) is 3.12. The van der Waals surface area contributed by atoms with Crippen LogP contribution < -0.4 is 0 Å². The van der Waals surface area contributed by atoms with Crippen molar-refractivity contribution in [1.29, 1.82) is 0 Å². The molecule has 2 aromatic rings. The quantitative estimate of drug-likeness (QED) is 0.796. The first-order valence-electron chi connectivity index (χ1n) is 8.87. The number of morpholine rings is 1. The number of benzene rings is 1. The molecule has 1 amide bonds. The second-order valence-electron chi connectivity index (χ2n) is 7.97. The van der Waals surface area contributed by atoms with Gasteiger partial charge in [0.05, 0.1) is 23.4 Å². The molecule has 0 saturated carbocycles. The highest BCUT2D eigenvalue weighted by Gasteiger charge is 2.38. The molecule has 1 aliphatic heterocycles. The lowest BCUT2D eigenvalue weighted by Crippen LogP contribution is -2.51. The van der Waals surface area contributed by atoms with E-state index >= 15 is 0 Å². The Labute approximate surface area is 159 Å². The maximum absolute atomic E-state index is 13.1. The Morgan fingerprint density at radius 1 is 1.23 bits per heavy atom. The Morgan fingerprint density at radius 3 is 2.42 bits per heavy atom. The number of nitrogens with zero attached hydrogens (tertiary/aromatic N) is 3. The lowest BCUT2D eigenvalue weighted by Gasteiger charge is -2.43. The molecule has 0 N–H and O–H groups in total. The molecule has 140 valence electrons. The number of ether oxygens (including phenoxy) is 1.